The predicted octanol–water partition coefficient (Wildman–Crippen LogP) is 3.36. The molecule has 2 aromatic heterocycles. The van der Waals surface area contributed by atoms with Gasteiger partial charge in [-0.3, -0.25) is 0 Å². The second kappa shape index (κ2) is 5.29. The van der Waals surface area contributed by atoms with Gasteiger partial charge in [-0.05, 0) is 31.5 Å². The molecule has 0 aliphatic rings. The number of carboxylic acid groups (broad SMARTS) is 1. The molecule has 0 spiro atoms. The zero-order valence-electron chi connectivity index (χ0n) is 11.8. The van der Waals surface area contributed by atoms with Crippen molar-refractivity contribution in [2.45, 2.75) is 26.3 Å². The Labute approximate surface area is 125 Å². The van der Waals surface area contributed by atoms with E-state index in [-0.39, 0.29) is 11.6 Å². The van der Waals surface area contributed by atoms with E-state index in [1.807, 2.05) is 10.8 Å². The first-order chi connectivity index (χ1) is 10.1. The largest absolute Gasteiger partial charge is 0.478 e. The van der Waals surface area contributed by atoms with Crippen LogP contribution in [0.1, 0.15) is 40.1 Å². The number of aryl methyl sites for hydroxylation is 1. The first-order valence-corrected chi connectivity index (χ1v) is 7.56. The molecule has 1 unspecified atom stereocenters. The molecule has 5 nitrogen and oxygen atoms in total. The number of aromatic carboxylic acids is 1. The van der Waals surface area contributed by atoms with Gasteiger partial charge in [0.05, 0.1) is 29.0 Å². The quantitative estimate of drug-likeness (QED) is 0.802. The van der Waals surface area contributed by atoms with Crippen LogP contribution in [0.3, 0.4) is 0 Å². The smallest absolute Gasteiger partial charge is 0.335 e. The Bertz CT molecular complexity index is 806. The van der Waals surface area contributed by atoms with Crippen LogP contribution >= 0.6 is 11.3 Å². The summed E-state index contributed by atoms with van der Waals surface area (Å²) in [5.74, 6) is -0.938. The lowest BCUT2D eigenvalue weighted by Crippen LogP contribution is -2.05. The number of carboxylic acids is 1. The molecule has 21 heavy (non-hydrogen) atoms. The van der Waals surface area contributed by atoms with Crippen LogP contribution in [-0.2, 0) is 6.42 Å². The van der Waals surface area contributed by atoms with Gasteiger partial charge in [0.2, 0.25) is 0 Å². The summed E-state index contributed by atoms with van der Waals surface area (Å²) in [6, 6.07) is 5.09. The summed E-state index contributed by atoms with van der Waals surface area (Å²) < 4.78 is 2.03. The molecule has 0 aliphatic carbocycles. The molecule has 0 saturated heterocycles. The number of imidazole rings is 1. The zero-order valence-corrected chi connectivity index (χ0v) is 12.6. The molecule has 0 saturated carbocycles. The summed E-state index contributed by atoms with van der Waals surface area (Å²) in [5, 5.41) is 10.1. The third-order valence-electron chi connectivity index (χ3n) is 3.52. The summed E-state index contributed by atoms with van der Waals surface area (Å²) in [5.41, 5.74) is 1.86. The third-order valence-corrected chi connectivity index (χ3v) is 4.83. The lowest BCUT2D eigenvalue weighted by atomic mass is 10.2. The van der Waals surface area contributed by atoms with Crippen molar-refractivity contribution in [1.29, 1.82) is 0 Å². The fraction of sp³-hybridized carbons (Fsp3) is 0.267. The minimum absolute atomic E-state index is 0.0796. The first-order valence-electron chi connectivity index (χ1n) is 6.74. The maximum Gasteiger partial charge on any atom is 0.335 e. The van der Waals surface area contributed by atoms with E-state index in [1.165, 1.54) is 4.88 Å². The third kappa shape index (κ3) is 2.42. The summed E-state index contributed by atoms with van der Waals surface area (Å²) >= 11 is 1.70. The van der Waals surface area contributed by atoms with Crippen LogP contribution in [0.15, 0.2) is 30.7 Å². The molecule has 108 valence electrons. The Morgan fingerprint density at radius 1 is 1.43 bits per heavy atom. The van der Waals surface area contributed by atoms with Gasteiger partial charge in [0.25, 0.3) is 0 Å². The van der Waals surface area contributed by atoms with Crippen LogP contribution in [-0.4, -0.2) is 25.6 Å². The number of nitrogens with zero attached hydrogens (tertiary/aromatic N) is 3. The second-order valence-electron chi connectivity index (χ2n) is 4.85. The topological polar surface area (TPSA) is 68.0 Å². The van der Waals surface area contributed by atoms with E-state index in [1.54, 1.807) is 35.9 Å². The van der Waals surface area contributed by atoms with Gasteiger partial charge in [0.1, 0.15) is 5.01 Å². The molecule has 6 heteroatoms. The van der Waals surface area contributed by atoms with E-state index in [4.69, 9.17) is 5.11 Å². The number of carbonyl (C=O) groups is 1. The fourth-order valence-corrected chi connectivity index (χ4v) is 3.18. The van der Waals surface area contributed by atoms with Gasteiger partial charge >= 0.3 is 5.97 Å². The van der Waals surface area contributed by atoms with Crippen molar-refractivity contribution in [3.63, 3.8) is 0 Å². The highest BCUT2D eigenvalue weighted by atomic mass is 32.1. The molecular formula is C15H15N3O2S. The number of rotatable bonds is 4. The van der Waals surface area contributed by atoms with Gasteiger partial charge in [-0.25, -0.2) is 14.8 Å². The lowest BCUT2D eigenvalue weighted by molar-refractivity contribution is 0.0697. The monoisotopic (exact) mass is 301 g/mol. The van der Waals surface area contributed by atoms with E-state index in [0.29, 0.717) is 5.52 Å². The standard InChI is InChI=1S/C15H15N3O2S/c1-3-11-7-16-14(21-11)9(2)18-8-17-12-6-10(15(19)20)4-5-13(12)18/h4-9H,3H2,1-2H3,(H,19,20). The van der Waals surface area contributed by atoms with Gasteiger partial charge in [0, 0.05) is 11.1 Å². The summed E-state index contributed by atoms with van der Waals surface area (Å²) in [6.45, 7) is 4.19. The molecule has 0 aliphatic heterocycles. The normalized spacial score (nSPS) is 12.7. The lowest BCUT2D eigenvalue weighted by Gasteiger charge is -2.11. The van der Waals surface area contributed by atoms with Gasteiger partial charge in [0.15, 0.2) is 0 Å². The molecule has 3 rings (SSSR count). The minimum atomic E-state index is -0.938. The molecule has 1 atom stereocenters. The van der Waals surface area contributed by atoms with Gasteiger partial charge in [-0.2, -0.15) is 0 Å². The van der Waals surface area contributed by atoms with E-state index in [9.17, 15) is 4.79 Å². The highest BCUT2D eigenvalue weighted by Gasteiger charge is 2.15. The SMILES string of the molecule is CCc1cnc(C(C)n2cnc3cc(C(=O)O)ccc32)s1. The highest BCUT2D eigenvalue weighted by molar-refractivity contribution is 7.11. The maximum atomic E-state index is 11.0. The predicted molar refractivity (Wildman–Crippen MR) is 82.0 cm³/mol. The van der Waals surface area contributed by atoms with Crippen LogP contribution in [0.4, 0.5) is 0 Å². The fourth-order valence-electron chi connectivity index (χ4n) is 2.27. The second-order valence-corrected chi connectivity index (χ2v) is 6.00. The average molecular weight is 301 g/mol. The van der Waals surface area contributed by atoms with Crippen molar-refractivity contribution in [2.75, 3.05) is 0 Å². The molecule has 1 N–H and O–H groups in total. The Morgan fingerprint density at radius 2 is 2.24 bits per heavy atom. The summed E-state index contributed by atoms with van der Waals surface area (Å²) in [4.78, 5) is 21.0. The number of aromatic nitrogens is 3. The van der Waals surface area contributed by atoms with E-state index >= 15 is 0 Å². The Hall–Kier alpha value is -2.21. The zero-order chi connectivity index (χ0) is 15.0. The molecule has 0 bridgehead atoms. The van der Waals surface area contributed by atoms with Crippen molar-refractivity contribution in [3.05, 3.63) is 46.2 Å². The molecule has 0 radical (unpaired) electrons. The summed E-state index contributed by atoms with van der Waals surface area (Å²) in [7, 11) is 0. The molecule has 0 fully saturated rings. The Kier molecular flexibility index (Phi) is 3.47. The molecule has 2 heterocycles. The Balaban J connectivity index is 2.02. The van der Waals surface area contributed by atoms with Crippen molar-refractivity contribution in [2.24, 2.45) is 0 Å². The number of benzene rings is 1. The van der Waals surface area contributed by atoms with Crippen molar-refractivity contribution < 1.29 is 9.90 Å². The number of thiazole rings is 1. The van der Waals surface area contributed by atoms with Crippen LogP contribution in [0.5, 0.6) is 0 Å². The number of fused-ring (bicyclic) bond motifs is 1. The van der Waals surface area contributed by atoms with Gasteiger partial charge in [-0.1, -0.05) is 6.92 Å². The van der Waals surface area contributed by atoms with Crippen LogP contribution in [0, 0.1) is 0 Å². The van der Waals surface area contributed by atoms with Crippen LogP contribution in [0.25, 0.3) is 11.0 Å². The van der Waals surface area contributed by atoms with E-state index in [2.05, 4.69) is 23.8 Å². The molecule has 3 aromatic rings. The highest BCUT2D eigenvalue weighted by Crippen LogP contribution is 2.27. The minimum Gasteiger partial charge on any atom is -0.478 e. The first kappa shape index (κ1) is 13.8. The summed E-state index contributed by atoms with van der Waals surface area (Å²) in [6.07, 6.45) is 4.64. The molecular weight excluding hydrogens is 286 g/mol. The number of hydrogen-bond acceptors (Lipinski definition) is 4. The van der Waals surface area contributed by atoms with Crippen molar-refractivity contribution in [1.82, 2.24) is 14.5 Å². The van der Waals surface area contributed by atoms with Crippen molar-refractivity contribution >= 4 is 28.3 Å². The van der Waals surface area contributed by atoms with Crippen LogP contribution in [0.2, 0.25) is 0 Å². The Morgan fingerprint density at radius 3 is 2.90 bits per heavy atom. The molecule has 0 amide bonds. The molecule has 1 aromatic carbocycles. The van der Waals surface area contributed by atoms with E-state index < -0.39 is 5.97 Å². The maximum absolute atomic E-state index is 11.0. The van der Waals surface area contributed by atoms with Crippen LogP contribution < -0.4 is 0 Å². The van der Waals surface area contributed by atoms with Gasteiger partial charge in [-0.15, -0.1) is 11.3 Å². The van der Waals surface area contributed by atoms with Gasteiger partial charge < -0.3 is 9.67 Å². The van der Waals surface area contributed by atoms with Crippen molar-refractivity contribution in [3.8, 4) is 0 Å². The number of hydrogen-bond donors (Lipinski definition) is 1. The van der Waals surface area contributed by atoms with E-state index in [0.717, 1.165) is 16.9 Å². The average Bonchev–Trinajstić information content (AvgIpc) is 3.12.